The first-order chi connectivity index (χ1) is 13.1. The van der Waals surface area contributed by atoms with Crippen LogP contribution >= 0.6 is 0 Å². The van der Waals surface area contributed by atoms with Crippen molar-refractivity contribution in [3.05, 3.63) is 65.5 Å². The number of halogens is 1. The molecule has 1 N–H and O–H groups in total. The fourth-order valence-corrected chi connectivity index (χ4v) is 3.64. The second kappa shape index (κ2) is 9.51. The van der Waals surface area contributed by atoms with E-state index in [4.69, 9.17) is 4.74 Å². The second-order valence-electron chi connectivity index (χ2n) is 7.05. The van der Waals surface area contributed by atoms with Crippen LogP contribution in [-0.2, 0) is 17.6 Å². The third-order valence-electron chi connectivity index (χ3n) is 5.10. The van der Waals surface area contributed by atoms with Gasteiger partial charge in [0, 0.05) is 12.6 Å². The van der Waals surface area contributed by atoms with Gasteiger partial charge in [0.15, 0.2) is 0 Å². The van der Waals surface area contributed by atoms with Gasteiger partial charge in [-0.05, 0) is 67.6 Å². The summed E-state index contributed by atoms with van der Waals surface area (Å²) in [6.45, 7) is 1.96. The van der Waals surface area contributed by atoms with Gasteiger partial charge in [0.2, 0.25) is 5.91 Å². The van der Waals surface area contributed by atoms with E-state index in [1.165, 1.54) is 17.7 Å². The van der Waals surface area contributed by atoms with Crippen LogP contribution in [0.15, 0.2) is 48.5 Å². The van der Waals surface area contributed by atoms with Crippen LogP contribution in [0.4, 0.5) is 4.39 Å². The Morgan fingerprint density at radius 3 is 2.81 bits per heavy atom. The summed E-state index contributed by atoms with van der Waals surface area (Å²) in [7, 11) is 1.68. The number of carbonyl (C=O) groups is 1. The van der Waals surface area contributed by atoms with Gasteiger partial charge in [-0.25, -0.2) is 4.39 Å². The molecule has 5 heteroatoms. The highest BCUT2D eigenvalue weighted by atomic mass is 19.1. The number of rotatable bonds is 8. The molecule has 2 aromatic carbocycles. The summed E-state index contributed by atoms with van der Waals surface area (Å²) in [5.74, 6) is 0.684. The Morgan fingerprint density at radius 2 is 2.04 bits per heavy atom. The molecule has 4 nitrogen and oxygen atoms in total. The van der Waals surface area contributed by atoms with E-state index in [1.807, 2.05) is 12.1 Å². The van der Waals surface area contributed by atoms with Crippen LogP contribution in [0.2, 0.25) is 0 Å². The van der Waals surface area contributed by atoms with Crippen molar-refractivity contribution in [1.29, 1.82) is 0 Å². The largest absolute Gasteiger partial charge is 0.497 e. The fourth-order valence-electron chi connectivity index (χ4n) is 3.64. The Morgan fingerprint density at radius 1 is 1.22 bits per heavy atom. The zero-order valence-corrected chi connectivity index (χ0v) is 15.8. The van der Waals surface area contributed by atoms with E-state index < -0.39 is 0 Å². The maximum atomic E-state index is 12.9. The molecule has 0 bridgehead atoms. The van der Waals surface area contributed by atoms with E-state index in [-0.39, 0.29) is 11.7 Å². The van der Waals surface area contributed by atoms with Crippen LogP contribution in [0.25, 0.3) is 0 Å². The first kappa shape index (κ1) is 19.4. The summed E-state index contributed by atoms with van der Waals surface area (Å²) in [6, 6.07) is 14.9. The lowest BCUT2D eigenvalue weighted by molar-refractivity contribution is -0.122. The van der Waals surface area contributed by atoms with E-state index in [1.54, 1.807) is 19.2 Å². The van der Waals surface area contributed by atoms with E-state index in [0.717, 1.165) is 37.1 Å². The van der Waals surface area contributed by atoms with Crippen molar-refractivity contribution >= 4 is 5.91 Å². The summed E-state index contributed by atoms with van der Waals surface area (Å²) in [4.78, 5) is 14.6. The molecule has 27 heavy (non-hydrogen) atoms. The van der Waals surface area contributed by atoms with Gasteiger partial charge < -0.3 is 10.1 Å². The monoisotopic (exact) mass is 370 g/mol. The van der Waals surface area contributed by atoms with Gasteiger partial charge >= 0.3 is 0 Å². The number of nitrogens with zero attached hydrogens (tertiary/aromatic N) is 1. The summed E-state index contributed by atoms with van der Waals surface area (Å²) < 4.78 is 18.2. The van der Waals surface area contributed by atoms with Crippen LogP contribution in [0.3, 0.4) is 0 Å². The highest BCUT2D eigenvalue weighted by molar-refractivity contribution is 5.78. The SMILES string of the molecule is COc1cccc(CC2CCCN2CC(=O)NCCc2ccc(F)cc2)c1. The average molecular weight is 370 g/mol. The summed E-state index contributed by atoms with van der Waals surface area (Å²) in [5.41, 5.74) is 2.26. The van der Waals surface area contributed by atoms with Gasteiger partial charge in [-0.3, -0.25) is 9.69 Å². The first-order valence-electron chi connectivity index (χ1n) is 9.52. The number of likely N-dealkylation sites (tertiary alicyclic amines) is 1. The minimum absolute atomic E-state index is 0.0506. The van der Waals surface area contributed by atoms with Crippen LogP contribution in [0, 0.1) is 5.82 Å². The smallest absolute Gasteiger partial charge is 0.234 e. The van der Waals surface area contributed by atoms with E-state index >= 15 is 0 Å². The molecule has 0 spiro atoms. The van der Waals surface area contributed by atoms with Crippen molar-refractivity contribution in [2.24, 2.45) is 0 Å². The quantitative estimate of drug-likeness (QED) is 0.776. The van der Waals surface area contributed by atoms with E-state index in [2.05, 4.69) is 22.3 Å². The van der Waals surface area contributed by atoms with Gasteiger partial charge in [0.25, 0.3) is 0 Å². The number of hydrogen-bond donors (Lipinski definition) is 1. The Bertz CT molecular complexity index is 748. The first-order valence-corrected chi connectivity index (χ1v) is 9.52. The maximum Gasteiger partial charge on any atom is 0.234 e. The van der Waals surface area contributed by atoms with Gasteiger partial charge in [0.05, 0.1) is 13.7 Å². The number of hydrogen-bond acceptors (Lipinski definition) is 3. The van der Waals surface area contributed by atoms with Crippen molar-refractivity contribution in [3.8, 4) is 5.75 Å². The average Bonchev–Trinajstić information content (AvgIpc) is 3.10. The molecule has 1 heterocycles. The number of ether oxygens (including phenoxy) is 1. The maximum absolute atomic E-state index is 12.9. The Balaban J connectivity index is 1.45. The van der Waals surface area contributed by atoms with Crippen molar-refractivity contribution in [3.63, 3.8) is 0 Å². The lowest BCUT2D eigenvalue weighted by Gasteiger charge is -2.24. The van der Waals surface area contributed by atoms with Crippen LogP contribution in [0.1, 0.15) is 24.0 Å². The zero-order valence-electron chi connectivity index (χ0n) is 15.8. The summed E-state index contributed by atoms with van der Waals surface area (Å²) in [5, 5.41) is 2.98. The summed E-state index contributed by atoms with van der Waals surface area (Å²) in [6.07, 6.45) is 3.87. The fraction of sp³-hybridized carbons (Fsp3) is 0.409. The minimum atomic E-state index is -0.237. The molecular formula is C22H27FN2O2. The zero-order chi connectivity index (χ0) is 19.1. The highest BCUT2D eigenvalue weighted by Gasteiger charge is 2.26. The third kappa shape index (κ3) is 5.79. The molecule has 2 aromatic rings. The second-order valence-corrected chi connectivity index (χ2v) is 7.05. The van der Waals surface area contributed by atoms with Gasteiger partial charge in [-0.1, -0.05) is 24.3 Å². The Labute approximate surface area is 160 Å². The number of benzene rings is 2. The van der Waals surface area contributed by atoms with E-state index in [9.17, 15) is 9.18 Å². The normalized spacial score (nSPS) is 17.0. The number of amides is 1. The molecular weight excluding hydrogens is 343 g/mol. The van der Waals surface area contributed by atoms with Gasteiger partial charge in [-0.2, -0.15) is 0 Å². The Kier molecular flexibility index (Phi) is 6.82. The van der Waals surface area contributed by atoms with Crippen LogP contribution in [-0.4, -0.2) is 43.6 Å². The Hall–Kier alpha value is -2.40. The third-order valence-corrected chi connectivity index (χ3v) is 5.10. The molecule has 0 aromatic heterocycles. The topological polar surface area (TPSA) is 41.6 Å². The number of methoxy groups -OCH3 is 1. The molecule has 0 aliphatic carbocycles. The predicted molar refractivity (Wildman–Crippen MR) is 104 cm³/mol. The summed E-state index contributed by atoms with van der Waals surface area (Å²) >= 11 is 0. The molecule has 3 rings (SSSR count). The molecule has 1 unspecified atom stereocenters. The number of nitrogens with one attached hydrogen (secondary N) is 1. The standard InChI is InChI=1S/C22H27FN2O2/c1-27-21-6-2-4-18(15-21)14-20-5-3-13-25(20)16-22(26)24-12-11-17-7-9-19(23)10-8-17/h2,4,6-10,15,20H,3,5,11-14,16H2,1H3,(H,24,26). The molecule has 1 fully saturated rings. The lowest BCUT2D eigenvalue weighted by atomic mass is 10.0. The van der Waals surface area contributed by atoms with Crippen molar-refractivity contribution in [1.82, 2.24) is 10.2 Å². The number of carbonyl (C=O) groups excluding carboxylic acids is 1. The molecule has 1 aliphatic rings. The van der Waals surface area contributed by atoms with Gasteiger partial charge in [0.1, 0.15) is 11.6 Å². The van der Waals surface area contributed by atoms with E-state index in [0.29, 0.717) is 25.6 Å². The molecule has 0 saturated carbocycles. The molecule has 1 amide bonds. The van der Waals surface area contributed by atoms with Crippen molar-refractivity contribution in [2.75, 3.05) is 26.7 Å². The lowest BCUT2D eigenvalue weighted by Crippen LogP contribution is -2.41. The minimum Gasteiger partial charge on any atom is -0.497 e. The highest BCUT2D eigenvalue weighted by Crippen LogP contribution is 2.22. The molecule has 1 saturated heterocycles. The molecule has 1 atom stereocenters. The van der Waals surface area contributed by atoms with Crippen LogP contribution in [0.5, 0.6) is 5.75 Å². The van der Waals surface area contributed by atoms with Crippen molar-refractivity contribution < 1.29 is 13.9 Å². The molecule has 1 aliphatic heterocycles. The van der Waals surface area contributed by atoms with Crippen molar-refractivity contribution in [2.45, 2.75) is 31.7 Å². The van der Waals surface area contributed by atoms with Gasteiger partial charge in [-0.15, -0.1) is 0 Å². The molecule has 0 radical (unpaired) electrons. The molecule has 144 valence electrons. The predicted octanol–water partition coefficient (Wildman–Crippen LogP) is 3.20. The van der Waals surface area contributed by atoms with Crippen LogP contribution < -0.4 is 10.1 Å².